The minimum atomic E-state index is -0.769. The third kappa shape index (κ3) is 5.74. The lowest BCUT2D eigenvalue weighted by atomic mass is 10.1. The Kier molecular flexibility index (Phi) is 9.29. The van der Waals surface area contributed by atoms with Gasteiger partial charge in [0.2, 0.25) is 0 Å². The molecule has 0 aliphatic heterocycles. The van der Waals surface area contributed by atoms with Crippen LogP contribution in [0.3, 0.4) is 0 Å². The van der Waals surface area contributed by atoms with E-state index >= 15 is 0 Å². The van der Waals surface area contributed by atoms with Gasteiger partial charge in [0.1, 0.15) is 21.3 Å². The molecule has 0 atom stereocenters. The zero-order valence-corrected chi connectivity index (χ0v) is 25.3. The number of aromatic nitrogens is 1. The van der Waals surface area contributed by atoms with E-state index in [1.165, 1.54) is 20.8 Å². The Morgan fingerprint density at radius 3 is 1.77 bits per heavy atom. The molecule has 2 aromatic carbocycles. The first-order chi connectivity index (χ1) is 18.3. The van der Waals surface area contributed by atoms with Crippen molar-refractivity contribution >= 4 is 71.6 Å². The number of hydrogen-bond acceptors (Lipinski definition) is 8. The molecule has 0 aliphatic rings. The van der Waals surface area contributed by atoms with Gasteiger partial charge in [-0.25, -0.2) is 14.4 Å². The van der Waals surface area contributed by atoms with Crippen molar-refractivity contribution in [3.05, 3.63) is 57.5 Å². The van der Waals surface area contributed by atoms with E-state index in [-0.39, 0.29) is 68.4 Å². The van der Waals surface area contributed by atoms with E-state index in [9.17, 15) is 14.4 Å². The first-order valence-corrected chi connectivity index (χ1v) is 13.3. The summed E-state index contributed by atoms with van der Waals surface area (Å²) in [5, 5.41) is 0.919. The zero-order chi connectivity index (χ0) is 29.2. The minimum absolute atomic E-state index is 0.0178. The second-order valence-corrected chi connectivity index (χ2v) is 10.1. The molecular formula is C28H27Br2NO8. The molecule has 3 rings (SSSR count). The number of hydrogen-bond donors (Lipinski definition) is 0. The number of rotatable bonds is 10. The van der Waals surface area contributed by atoms with Gasteiger partial charge in [0.05, 0.1) is 23.1 Å². The third-order valence-corrected chi connectivity index (χ3v) is 6.57. The fraction of sp³-hybridized carbons (Fsp3) is 0.250. The average Bonchev–Trinajstić information content (AvgIpc) is 3.18. The maximum Gasteiger partial charge on any atom is 0.358 e. The number of esters is 2. The van der Waals surface area contributed by atoms with Gasteiger partial charge < -0.3 is 23.8 Å². The highest BCUT2D eigenvalue weighted by Crippen LogP contribution is 2.54. The molecule has 0 aliphatic carbocycles. The van der Waals surface area contributed by atoms with E-state index in [0.29, 0.717) is 15.2 Å². The van der Waals surface area contributed by atoms with Crippen molar-refractivity contribution in [2.75, 3.05) is 13.2 Å². The SMILES string of the molecule is C=C(C)C(=O)Oc1c(Br)c(OCC)c2c3ccc(Br)c(OC(=O)C(=C)C)c3n(OC(=O)C(=C)C)c2c1OCC. The number of carbonyl (C=O) groups is 3. The van der Waals surface area contributed by atoms with Crippen LogP contribution in [0, 0.1) is 0 Å². The summed E-state index contributed by atoms with van der Waals surface area (Å²) in [5.41, 5.74) is 0.787. The highest BCUT2D eigenvalue weighted by molar-refractivity contribution is 9.11. The van der Waals surface area contributed by atoms with Crippen molar-refractivity contribution in [2.45, 2.75) is 34.6 Å². The molecule has 0 unspecified atom stereocenters. The highest BCUT2D eigenvalue weighted by Gasteiger charge is 2.32. The quantitative estimate of drug-likeness (QED) is 0.136. The van der Waals surface area contributed by atoms with Crippen molar-refractivity contribution in [2.24, 2.45) is 0 Å². The molecule has 1 aromatic heterocycles. The molecule has 3 aromatic rings. The summed E-state index contributed by atoms with van der Waals surface area (Å²) in [6.07, 6.45) is 0. The number of carbonyl (C=O) groups excluding carboxylic acids is 3. The summed E-state index contributed by atoms with van der Waals surface area (Å²) >= 11 is 6.94. The van der Waals surface area contributed by atoms with Crippen LogP contribution in [0.25, 0.3) is 21.8 Å². The number of nitrogens with zero attached hydrogens (tertiary/aromatic N) is 1. The molecule has 0 radical (unpaired) electrons. The summed E-state index contributed by atoms with van der Waals surface area (Å²) in [6, 6.07) is 3.40. The second kappa shape index (κ2) is 12.1. The molecule has 0 amide bonds. The third-order valence-electron chi connectivity index (χ3n) is 5.23. The van der Waals surface area contributed by atoms with E-state index in [1.807, 2.05) is 0 Å². The molecule has 11 heteroatoms. The summed E-state index contributed by atoms with van der Waals surface area (Å²) in [6.45, 7) is 19.4. The van der Waals surface area contributed by atoms with Crippen LogP contribution in [0.4, 0.5) is 0 Å². The van der Waals surface area contributed by atoms with Crippen LogP contribution in [0.5, 0.6) is 23.0 Å². The van der Waals surface area contributed by atoms with E-state index in [4.69, 9.17) is 23.8 Å². The van der Waals surface area contributed by atoms with Crippen molar-refractivity contribution in [3.8, 4) is 23.0 Å². The van der Waals surface area contributed by atoms with Gasteiger partial charge in [0.15, 0.2) is 17.2 Å². The zero-order valence-electron chi connectivity index (χ0n) is 22.2. The Morgan fingerprint density at radius 1 is 0.744 bits per heavy atom. The lowest BCUT2D eigenvalue weighted by Crippen LogP contribution is -2.21. The molecule has 0 bridgehead atoms. The lowest BCUT2D eigenvalue weighted by Gasteiger charge is -2.18. The van der Waals surface area contributed by atoms with Crippen molar-refractivity contribution in [1.82, 2.24) is 4.73 Å². The molecule has 0 saturated carbocycles. The summed E-state index contributed by atoms with van der Waals surface area (Å²) in [5.74, 6) is -1.80. The van der Waals surface area contributed by atoms with Gasteiger partial charge in [-0.3, -0.25) is 0 Å². The molecule has 9 nitrogen and oxygen atoms in total. The minimum Gasteiger partial charge on any atom is -0.492 e. The molecule has 0 fully saturated rings. The lowest BCUT2D eigenvalue weighted by molar-refractivity contribution is -0.138. The smallest absolute Gasteiger partial charge is 0.358 e. The Balaban J connectivity index is 2.65. The molecule has 0 spiro atoms. The van der Waals surface area contributed by atoms with Crippen LogP contribution in [0.2, 0.25) is 0 Å². The molecule has 0 saturated heterocycles. The van der Waals surface area contributed by atoms with E-state index in [2.05, 4.69) is 51.6 Å². The van der Waals surface area contributed by atoms with Crippen LogP contribution >= 0.6 is 31.9 Å². The number of halogens is 2. The highest BCUT2D eigenvalue weighted by atomic mass is 79.9. The number of benzene rings is 2. The normalized spacial score (nSPS) is 10.7. The molecule has 39 heavy (non-hydrogen) atoms. The van der Waals surface area contributed by atoms with Gasteiger partial charge in [-0.05, 0) is 72.5 Å². The number of fused-ring (bicyclic) bond motifs is 3. The first kappa shape index (κ1) is 30.0. The standard InChI is InChI=1S/C28H27Br2NO8/c1-9-35-23-18-16-11-12-17(29)22(37-26(32)13(3)4)20(16)31(39-28(34)15(7)8)21(18)25(36-10-2)24(19(23)30)38-27(33)14(5)6/h11-12H,3,5,7,9-10H2,1-2,4,6,8H3. The Morgan fingerprint density at radius 2 is 1.26 bits per heavy atom. The first-order valence-electron chi connectivity index (χ1n) is 11.8. The number of ether oxygens (including phenoxy) is 4. The fourth-order valence-electron chi connectivity index (χ4n) is 3.50. The van der Waals surface area contributed by atoms with E-state index in [1.54, 1.807) is 26.0 Å². The predicted octanol–water partition coefficient (Wildman–Crippen LogP) is 6.61. The van der Waals surface area contributed by atoms with Gasteiger partial charge >= 0.3 is 17.9 Å². The van der Waals surface area contributed by atoms with Gasteiger partial charge in [0, 0.05) is 22.1 Å². The van der Waals surface area contributed by atoms with Crippen LogP contribution in [0.15, 0.2) is 57.5 Å². The fourth-order valence-corrected chi connectivity index (χ4v) is 4.48. The van der Waals surface area contributed by atoms with Crippen LogP contribution < -0.4 is 23.8 Å². The van der Waals surface area contributed by atoms with Gasteiger partial charge in [0.25, 0.3) is 0 Å². The van der Waals surface area contributed by atoms with Crippen LogP contribution in [-0.4, -0.2) is 35.9 Å². The van der Waals surface area contributed by atoms with Gasteiger partial charge in [-0.1, -0.05) is 25.8 Å². The Labute approximate surface area is 242 Å². The van der Waals surface area contributed by atoms with Crippen LogP contribution in [-0.2, 0) is 14.4 Å². The van der Waals surface area contributed by atoms with Gasteiger partial charge in [-0.15, -0.1) is 0 Å². The maximum atomic E-state index is 12.9. The molecular weight excluding hydrogens is 638 g/mol. The Hall–Kier alpha value is -3.57. The monoisotopic (exact) mass is 663 g/mol. The average molecular weight is 665 g/mol. The summed E-state index contributed by atoms with van der Waals surface area (Å²) in [4.78, 5) is 43.9. The van der Waals surface area contributed by atoms with Crippen molar-refractivity contribution in [1.29, 1.82) is 0 Å². The van der Waals surface area contributed by atoms with E-state index in [0.717, 1.165) is 4.73 Å². The summed E-state index contributed by atoms with van der Waals surface area (Å²) < 4.78 is 25.2. The van der Waals surface area contributed by atoms with Crippen molar-refractivity contribution in [3.63, 3.8) is 0 Å². The van der Waals surface area contributed by atoms with Crippen LogP contribution in [0.1, 0.15) is 34.6 Å². The predicted molar refractivity (Wildman–Crippen MR) is 154 cm³/mol. The topological polar surface area (TPSA) is 102 Å². The van der Waals surface area contributed by atoms with E-state index < -0.39 is 17.9 Å². The second-order valence-electron chi connectivity index (χ2n) is 8.46. The Bertz CT molecular complexity index is 1570. The summed E-state index contributed by atoms with van der Waals surface area (Å²) in [7, 11) is 0. The molecule has 0 N–H and O–H groups in total. The molecule has 206 valence electrons. The molecule has 1 heterocycles. The van der Waals surface area contributed by atoms with Crippen molar-refractivity contribution < 1.29 is 38.2 Å². The van der Waals surface area contributed by atoms with Gasteiger partial charge in [-0.2, -0.15) is 4.73 Å². The maximum absolute atomic E-state index is 12.9. The largest absolute Gasteiger partial charge is 0.492 e.